The van der Waals surface area contributed by atoms with E-state index >= 15 is 0 Å². The molecule has 0 amide bonds. The molecule has 0 aliphatic carbocycles. The van der Waals surface area contributed by atoms with Gasteiger partial charge in [-0.15, -0.1) is 0 Å². The number of hydrogen-bond donors (Lipinski definition) is 1. The van der Waals surface area contributed by atoms with Crippen LogP contribution in [-0.4, -0.2) is 30.1 Å². The Labute approximate surface area is 119 Å². The summed E-state index contributed by atoms with van der Waals surface area (Å²) in [5.74, 6) is 0. The summed E-state index contributed by atoms with van der Waals surface area (Å²) in [7, 11) is 0. The third-order valence-corrected chi connectivity index (χ3v) is 4.12. The Bertz CT molecular complexity index is 412. The summed E-state index contributed by atoms with van der Waals surface area (Å²) in [5.41, 5.74) is 1.12. The summed E-state index contributed by atoms with van der Waals surface area (Å²) in [6.45, 7) is 8.70. The molecule has 1 aliphatic rings. The second kappa shape index (κ2) is 5.79. The van der Waals surface area contributed by atoms with Crippen LogP contribution in [0.1, 0.15) is 32.4 Å². The van der Waals surface area contributed by atoms with Crippen molar-refractivity contribution in [2.45, 2.75) is 38.9 Å². The summed E-state index contributed by atoms with van der Waals surface area (Å²) in [6.07, 6.45) is 0. The van der Waals surface area contributed by atoms with E-state index in [0.717, 1.165) is 28.7 Å². The predicted octanol–water partition coefficient (Wildman–Crippen LogP) is 3.74. The van der Waals surface area contributed by atoms with Crippen LogP contribution < -0.4 is 5.32 Å². The zero-order valence-corrected chi connectivity index (χ0v) is 12.6. The molecule has 1 aromatic rings. The van der Waals surface area contributed by atoms with Gasteiger partial charge in [-0.25, -0.2) is 0 Å². The minimum absolute atomic E-state index is 0.295. The van der Waals surface area contributed by atoms with Crippen LogP contribution in [0.2, 0.25) is 10.0 Å². The van der Waals surface area contributed by atoms with Gasteiger partial charge in [0.05, 0.1) is 0 Å². The van der Waals surface area contributed by atoms with Gasteiger partial charge < -0.3 is 5.32 Å². The van der Waals surface area contributed by atoms with E-state index in [-0.39, 0.29) is 0 Å². The van der Waals surface area contributed by atoms with E-state index in [0.29, 0.717) is 18.1 Å². The first-order chi connectivity index (χ1) is 8.47. The topological polar surface area (TPSA) is 15.3 Å². The maximum absolute atomic E-state index is 6.28. The third kappa shape index (κ3) is 3.18. The molecule has 0 radical (unpaired) electrons. The van der Waals surface area contributed by atoms with E-state index in [9.17, 15) is 0 Å². The van der Waals surface area contributed by atoms with Gasteiger partial charge in [-0.1, -0.05) is 23.2 Å². The summed E-state index contributed by atoms with van der Waals surface area (Å²) in [5, 5.41) is 5.09. The standard InChI is InChI=1S/C14H20Cl2N2/c1-9-7-18(8-10(2)17-9)11(3)13-6-12(15)4-5-14(13)16/h4-6,9-11,17H,7-8H2,1-3H3. The maximum Gasteiger partial charge on any atom is 0.0454 e. The fourth-order valence-corrected chi connectivity index (χ4v) is 3.17. The minimum Gasteiger partial charge on any atom is -0.309 e. The molecule has 2 nitrogen and oxygen atoms in total. The molecular formula is C14H20Cl2N2. The highest BCUT2D eigenvalue weighted by Crippen LogP contribution is 2.30. The largest absolute Gasteiger partial charge is 0.309 e. The number of benzene rings is 1. The fourth-order valence-electron chi connectivity index (χ4n) is 2.72. The second-order valence-corrected chi connectivity index (χ2v) is 6.11. The van der Waals surface area contributed by atoms with Crippen molar-refractivity contribution in [1.29, 1.82) is 0 Å². The van der Waals surface area contributed by atoms with Gasteiger partial charge in [-0.2, -0.15) is 0 Å². The quantitative estimate of drug-likeness (QED) is 0.891. The SMILES string of the molecule is CC1CN(C(C)c2cc(Cl)ccc2Cl)CC(C)N1. The molecule has 0 saturated carbocycles. The Kier molecular flexibility index (Phi) is 4.54. The molecule has 2 rings (SSSR count). The van der Waals surface area contributed by atoms with Crippen LogP contribution in [0.25, 0.3) is 0 Å². The van der Waals surface area contributed by atoms with Gasteiger partial charge >= 0.3 is 0 Å². The first kappa shape index (κ1) is 14.1. The first-order valence-corrected chi connectivity index (χ1v) is 7.18. The average Bonchev–Trinajstić information content (AvgIpc) is 2.30. The van der Waals surface area contributed by atoms with E-state index < -0.39 is 0 Å². The highest BCUT2D eigenvalue weighted by atomic mass is 35.5. The molecule has 1 N–H and O–H groups in total. The minimum atomic E-state index is 0.295. The summed E-state index contributed by atoms with van der Waals surface area (Å²) in [6, 6.07) is 7.01. The molecule has 0 bridgehead atoms. The third-order valence-electron chi connectivity index (χ3n) is 3.54. The zero-order chi connectivity index (χ0) is 13.3. The fraction of sp³-hybridized carbons (Fsp3) is 0.571. The number of rotatable bonds is 2. The van der Waals surface area contributed by atoms with Crippen molar-refractivity contribution in [3.8, 4) is 0 Å². The lowest BCUT2D eigenvalue weighted by Crippen LogP contribution is -2.54. The highest BCUT2D eigenvalue weighted by molar-refractivity contribution is 6.33. The van der Waals surface area contributed by atoms with Crippen LogP contribution in [0, 0.1) is 0 Å². The Morgan fingerprint density at radius 2 is 1.83 bits per heavy atom. The Balaban J connectivity index is 2.19. The molecule has 18 heavy (non-hydrogen) atoms. The van der Waals surface area contributed by atoms with Crippen LogP contribution in [0.4, 0.5) is 0 Å². The van der Waals surface area contributed by atoms with Crippen molar-refractivity contribution < 1.29 is 0 Å². The van der Waals surface area contributed by atoms with Crippen molar-refractivity contribution in [3.63, 3.8) is 0 Å². The van der Waals surface area contributed by atoms with Crippen molar-refractivity contribution in [2.75, 3.05) is 13.1 Å². The van der Waals surface area contributed by atoms with Gasteiger partial charge in [0.2, 0.25) is 0 Å². The molecule has 3 atom stereocenters. The molecule has 4 heteroatoms. The number of piperazine rings is 1. The lowest BCUT2D eigenvalue weighted by atomic mass is 10.0. The molecule has 1 fully saturated rings. The van der Waals surface area contributed by atoms with Crippen molar-refractivity contribution in [3.05, 3.63) is 33.8 Å². The van der Waals surface area contributed by atoms with Crippen LogP contribution in [0.3, 0.4) is 0 Å². The Hall–Kier alpha value is -0.280. The van der Waals surface area contributed by atoms with Gasteiger partial charge in [0.1, 0.15) is 0 Å². The molecule has 1 saturated heterocycles. The van der Waals surface area contributed by atoms with Gasteiger partial charge in [-0.05, 0) is 44.5 Å². The van der Waals surface area contributed by atoms with E-state index in [1.165, 1.54) is 0 Å². The van der Waals surface area contributed by atoms with Crippen molar-refractivity contribution in [1.82, 2.24) is 10.2 Å². The highest BCUT2D eigenvalue weighted by Gasteiger charge is 2.26. The first-order valence-electron chi connectivity index (χ1n) is 6.42. The molecular weight excluding hydrogens is 267 g/mol. The number of nitrogens with zero attached hydrogens (tertiary/aromatic N) is 1. The lowest BCUT2D eigenvalue weighted by molar-refractivity contribution is 0.131. The van der Waals surface area contributed by atoms with E-state index in [1.807, 2.05) is 18.2 Å². The normalized spacial score (nSPS) is 27.2. The molecule has 100 valence electrons. The average molecular weight is 287 g/mol. The predicted molar refractivity (Wildman–Crippen MR) is 78.5 cm³/mol. The number of halogens is 2. The maximum atomic E-state index is 6.28. The van der Waals surface area contributed by atoms with Crippen molar-refractivity contribution >= 4 is 23.2 Å². The Morgan fingerprint density at radius 3 is 2.44 bits per heavy atom. The molecule has 1 aliphatic heterocycles. The number of nitrogens with one attached hydrogen (secondary N) is 1. The molecule has 1 heterocycles. The Morgan fingerprint density at radius 1 is 1.22 bits per heavy atom. The van der Waals surface area contributed by atoms with E-state index in [1.54, 1.807) is 0 Å². The van der Waals surface area contributed by atoms with Crippen molar-refractivity contribution in [2.24, 2.45) is 0 Å². The van der Waals surface area contributed by atoms with E-state index in [4.69, 9.17) is 23.2 Å². The molecule has 0 aromatic heterocycles. The van der Waals surface area contributed by atoms with Gasteiger partial charge in [0.15, 0.2) is 0 Å². The second-order valence-electron chi connectivity index (χ2n) is 5.26. The summed E-state index contributed by atoms with van der Waals surface area (Å²) >= 11 is 12.3. The van der Waals surface area contributed by atoms with E-state index in [2.05, 4.69) is 31.0 Å². The molecule has 3 unspecified atom stereocenters. The lowest BCUT2D eigenvalue weighted by Gasteiger charge is -2.40. The zero-order valence-electron chi connectivity index (χ0n) is 11.1. The molecule has 0 spiro atoms. The van der Waals surface area contributed by atoms with Gasteiger partial charge in [-0.3, -0.25) is 4.90 Å². The van der Waals surface area contributed by atoms with Gasteiger partial charge in [0, 0.05) is 41.3 Å². The number of hydrogen-bond acceptors (Lipinski definition) is 2. The summed E-state index contributed by atoms with van der Waals surface area (Å²) in [4.78, 5) is 2.46. The molecule has 1 aromatic carbocycles. The monoisotopic (exact) mass is 286 g/mol. The van der Waals surface area contributed by atoms with Gasteiger partial charge in [0.25, 0.3) is 0 Å². The smallest absolute Gasteiger partial charge is 0.0454 e. The van der Waals surface area contributed by atoms with Crippen LogP contribution in [0.15, 0.2) is 18.2 Å². The van der Waals surface area contributed by atoms with Crippen LogP contribution >= 0.6 is 23.2 Å². The van der Waals surface area contributed by atoms with Crippen LogP contribution in [0.5, 0.6) is 0 Å². The van der Waals surface area contributed by atoms with Crippen LogP contribution in [-0.2, 0) is 0 Å². The summed E-state index contributed by atoms with van der Waals surface area (Å²) < 4.78 is 0.